The Morgan fingerprint density at radius 3 is 2.93 bits per heavy atom. The molecule has 0 spiro atoms. The van der Waals surface area contributed by atoms with Gasteiger partial charge in [0.1, 0.15) is 11.5 Å². The zero-order valence-electron chi connectivity index (χ0n) is 8.24. The molecule has 1 heterocycles. The summed E-state index contributed by atoms with van der Waals surface area (Å²) in [6.07, 6.45) is 6.18. The summed E-state index contributed by atoms with van der Waals surface area (Å²) in [6, 6.07) is 1.64. The second-order valence-electron chi connectivity index (χ2n) is 2.66. The minimum atomic E-state index is 0.412. The lowest BCUT2D eigenvalue weighted by Crippen LogP contribution is -1.90. The fourth-order valence-corrected chi connectivity index (χ4v) is 1.10. The van der Waals surface area contributed by atoms with Gasteiger partial charge in [0, 0.05) is 11.8 Å². The van der Waals surface area contributed by atoms with Gasteiger partial charge >= 0.3 is 0 Å². The van der Waals surface area contributed by atoms with E-state index in [2.05, 4.69) is 15.0 Å². The van der Waals surface area contributed by atoms with E-state index in [4.69, 9.17) is 11.6 Å². The molecule has 1 aromatic heterocycles. The predicted molar refractivity (Wildman–Crippen MR) is 59.2 cm³/mol. The zero-order chi connectivity index (χ0) is 10.4. The van der Waals surface area contributed by atoms with Crippen molar-refractivity contribution in [2.45, 2.75) is 20.3 Å². The van der Waals surface area contributed by atoms with Gasteiger partial charge in [-0.2, -0.15) is 0 Å². The van der Waals surface area contributed by atoms with Crippen molar-refractivity contribution in [3.8, 4) is 0 Å². The van der Waals surface area contributed by atoms with Crippen LogP contribution in [-0.4, -0.2) is 15.7 Å². The van der Waals surface area contributed by atoms with Crippen molar-refractivity contribution in [2.75, 3.05) is 0 Å². The van der Waals surface area contributed by atoms with Gasteiger partial charge in [-0.3, -0.25) is 0 Å². The number of aliphatic imine (C=N–C) groups is 1. The van der Waals surface area contributed by atoms with Crippen molar-refractivity contribution in [1.29, 1.82) is 0 Å². The maximum absolute atomic E-state index is 5.71. The Bertz CT molecular complexity index is 358. The summed E-state index contributed by atoms with van der Waals surface area (Å²) < 4.78 is 0. The average Bonchev–Trinajstić information content (AvgIpc) is 2.17. The summed E-state index contributed by atoms with van der Waals surface area (Å²) in [7, 11) is 0. The van der Waals surface area contributed by atoms with Crippen LogP contribution in [0.5, 0.6) is 0 Å². The number of hydrogen-bond acceptors (Lipinski definition) is 3. The van der Waals surface area contributed by atoms with E-state index in [1.165, 1.54) is 6.33 Å². The van der Waals surface area contributed by atoms with Crippen LogP contribution in [0.1, 0.15) is 20.3 Å². The quantitative estimate of drug-likeness (QED) is 0.567. The Labute approximate surface area is 88.6 Å². The number of rotatable bonds is 3. The van der Waals surface area contributed by atoms with Crippen LogP contribution in [0.3, 0.4) is 0 Å². The lowest BCUT2D eigenvalue weighted by atomic mass is 10.3. The van der Waals surface area contributed by atoms with Crippen molar-refractivity contribution in [1.82, 2.24) is 9.97 Å². The maximum atomic E-state index is 5.71. The van der Waals surface area contributed by atoms with Crippen LogP contribution >= 0.6 is 11.6 Å². The van der Waals surface area contributed by atoms with E-state index in [0.717, 1.165) is 12.1 Å². The Kier molecular flexibility index (Phi) is 4.26. The highest BCUT2D eigenvalue weighted by molar-refractivity contribution is 6.29. The molecule has 4 heteroatoms. The molecule has 0 fully saturated rings. The van der Waals surface area contributed by atoms with Gasteiger partial charge in [-0.05, 0) is 19.4 Å². The fourth-order valence-electron chi connectivity index (χ4n) is 0.959. The van der Waals surface area contributed by atoms with E-state index in [1.807, 2.05) is 26.0 Å². The second kappa shape index (κ2) is 5.50. The summed E-state index contributed by atoms with van der Waals surface area (Å²) in [4.78, 5) is 12.1. The van der Waals surface area contributed by atoms with E-state index in [-0.39, 0.29) is 0 Å². The third-order valence-corrected chi connectivity index (χ3v) is 1.81. The molecular weight excluding hydrogens is 198 g/mol. The molecule has 14 heavy (non-hydrogen) atoms. The monoisotopic (exact) mass is 209 g/mol. The van der Waals surface area contributed by atoms with Crippen molar-refractivity contribution < 1.29 is 0 Å². The van der Waals surface area contributed by atoms with Crippen LogP contribution in [0.2, 0.25) is 5.15 Å². The van der Waals surface area contributed by atoms with Gasteiger partial charge < -0.3 is 0 Å². The van der Waals surface area contributed by atoms with Gasteiger partial charge in [-0.15, -0.1) is 0 Å². The minimum absolute atomic E-state index is 0.412. The standard InChI is InChI=1S/C10H12ClN3/c1-3-5-8(4-2)14-10-6-9(11)12-7-13-10/h3,5-7H,4H2,1-2H3/b5-3-,14-8?. The summed E-state index contributed by atoms with van der Waals surface area (Å²) >= 11 is 5.71. The molecular formula is C10H12ClN3. The van der Waals surface area contributed by atoms with Crippen molar-refractivity contribution in [3.63, 3.8) is 0 Å². The first-order chi connectivity index (χ1) is 6.76. The lowest BCUT2D eigenvalue weighted by molar-refractivity contribution is 1.14. The fraction of sp³-hybridized carbons (Fsp3) is 0.300. The molecule has 3 nitrogen and oxygen atoms in total. The third-order valence-electron chi connectivity index (χ3n) is 1.60. The van der Waals surface area contributed by atoms with Crippen molar-refractivity contribution in [2.24, 2.45) is 4.99 Å². The first-order valence-corrected chi connectivity index (χ1v) is 4.82. The molecule has 1 rings (SSSR count). The summed E-state index contributed by atoms with van der Waals surface area (Å²) in [5, 5.41) is 0.412. The molecule has 0 aliphatic heterocycles. The van der Waals surface area contributed by atoms with E-state index in [1.54, 1.807) is 6.07 Å². The first kappa shape index (κ1) is 10.9. The molecule has 74 valence electrons. The van der Waals surface area contributed by atoms with E-state index in [0.29, 0.717) is 11.0 Å². The SMILES string of the molecule is C/C=C\C(CC)=Nc1cc(Cl)ncn1. The molecule has 0 unspecified atom stereocenters. The average molecular weight is 210 g/mol. The topological polar surface area (TPSA) is 38.1 Å². The summed E-state index contributed by atoms with van der Waals surface area (Å²) in [5.74, 6) is 0.597. The molecule has 0 saturated heterocycles. The number of nitrogens with zero attached hydrogens (tertiary/aromatic N) is 3. The minimum Gasteiger partial charge on any atom is -0.234 e. The normalized spacial score (nSPS) is 12.4. The van der Waals surface area contributed by atoms with Gasteiger partial charge in [0.15, 0.2) is 5.82 Å². The highest BCUT2D eigenvalue weighted by atomic mass is 35.5. The van der Waals surface area contributed by atoms with Crippen LogP contribution in [0.15, 0.2) is 29.5 Å². The van der Waals surface area contributed by atoms with E-state index >= 15 is 0 Å². The van der Waals surface area contributed by atoms with Crippen molar-refractivity contribution >= 4 is 23.1 Å². The Balaban J connectivity index is 2.94. The van der Waals surface area contributed by atoms with Crippen LogP contribution in [0.4, 0.5) is 5.82 Å². The van der Waals surface area contributed by atoms with Gasteiger partial charge in [0.25, 0.3) is 0 Å². The van der Waals surface area contributed by atoms with Gasteiger partial charge in [0.2, 0.25) is 0 Å². The number of allylic oxidation sites excluding steroid dienone is 2. The van der Waals surface area contributed by atoms with E-state index in [9.17, 15) is 0 Å². The van der Waals surface area contributed by atoms with Gasteiger partial charge in [-0.25, -0.2) is 15.0 Å². The molecule has 0 radical (unpaired) electrons. The Morgan fingerprint density at radius 2 is 2.36 bits per heavy atom. The zero-order valence-corrected chi connectivity index (χ0v) is 8.99. The smallest absolute Gasteiger partial charge is 0.156 e. The molecule has 0 amide bonds. The number of halogens is 1. The second-order valence-corrected chi connectivity index (χ2v) is 3.04. The van der Waals surface area contributed by atoms with Crippen LogP contribution < -0.4 is 0 Å². The Morgan fingerprint density at radius 1 is 1.57 bits per heavy atom. The molecule has 1 aromatic rings. The Hall–Kier alpha value is -1.22. The summed E-state index contributed by atoms with van der Waals surface area (Å²) in [6.45, 7) is 4.00. The first-order valence-electron chi connectivity index (χ1n) is 4.44. The number of hydrogen-bond donors (Lipinski definition) is 0. The lowest BCUT2D eigenvalue weighted by Gasteiger charge is -1.96. The van der Waals surface area contributed by atoms with E-state index < -0.39 is 0 Å². The number of aromatic nitrogens is 2. The molecule has 0 aromatic carbocycles. The molecule has 0 bridgehead atoms. The molecule has 0 aliphatic rings. The highest BCUT2D eigenvalue weighted by Gasteiger charge is 1.95. The van der Waals surface area contributed by atoms with Crippen LogP contribution in [0.25, 0.3) is 0 Å². The van der Waals surface area contributed by atoms with Crippen LogP contribution in [-0.2, 0) is 0 Å². The third kappa shape index (κ3) is 3.26. The molecule has 0 saturated carbocycles. The summed E-state index contributed by atoms with van der Waals surface area (Å²) in [5.41, 5.74) is 0.974. The molecule has 0 aliphatic carbocycles. The largest absolute Gasteiger partial charge is 0.234 e. The maximum Gasteiger partial charge on any atom is 0.156 e. The molecule has 0 N–H and O–H groups in total. The van der Waals surface area contributed by atoms with Gasteiger partial charge in [0.05, 0.1) is 0 Å². The van der Waals surface area contributed by atoms with Crippen molar-refractivity contribution in [3.05, 3.63) is 29.7 Å². The van der Waals surface area contributed by atoms with Gasteiger partial charge in [-0.1, -0.05) is 24.6 Å². The highest BCUT2D eigenvalue weighted by Crippen LogP contribution is 2.12. The molecule has 0 atom stereocenters. The predicted octanol–water partition coefficient (Wildman–Crippen LogP) is 3.19. The van der Waals surface area contributed by atoms with Crippen LogP contribution in [0, 0.1) is 0 Å².